The lowest BCUT2D eigenvalue weighted by molar-refractivity contribution is 0.0326. The number of hydrogen-bond acceptors (Lipinski definition) is 2. The van der Waals surface area contributed by atoms with Crippen LogP contribution in [0.25, 0.3) is 11.1 Å². The van der Waals surface area contributed by atoms with Crippen molar-refractivity contribution in [2.45, 2.75) is 44.6 Å². The zero-order valence-corrected chi connectivity index (χ0v) is 15.9. The molecule has 0 saturated carbocycles. The normalized spacial score (nSPS) is 20.1. The first-order valence-corrected chi connectivity index (χ1v) is 9.54. The molecule has 2 aromatic carbocycles. The van der Waals surface area contributed by atoms with Crippen LogP contribution in [0.1, 0.15) is 44.1 Å². The van der Waals surface area contributed by atoms with E-state index in [0.717, 1.165) is 25.7 Å². The first-order chi connectivity index (χ1) is 13.1. The number of hydrogen-bond donors (Lipinski definition) is 0. The lowest BCUT2D eigenvalue weighted by Crippen LogP contribution is -2.23. The van der Waals surface area contributed by atoms with Crippen LogP contribution in [0.2, 0.25) is 0 Å². The molecule has 1 saturated heterocycles. The monoisotopic (exact) mass is 372 g/mol. The van der Waals surface area contributed by atoms with Crippen LogP contribution in [-0.2, 0) is 4.74 Å². The van der Waals surface area contributed by atoms with E-state index in [-0.39, 0.29) is 17.4 Å². The third kappa shape index (κ3) is 4.56. The van der Waals surface area contributed by atoms with E-state index in [9.17, 15) is 8.78 Å². The van der Waals surface area contributed by atoms with Crippen molar-refractivity contribution in [3.8, 4) is 16.9 Å². The quantitative estimate of drug-likeness (QED) is 0.557. The maximum absolute atomic E-state index is 14.3. The summed E-state index contributed by atoms with van der Waals surface area (Å²) >= 11 is 0. The lowest BCUT2D eigenvalue weighted by Gasteiger charge is -2.28. The molecule has 2 atom stereocenters. The molecule has 1 aliphatic heterocycles. The highest BCUT2D eigenvalue weighted by Gasteiger charge is 2.22. The van der Waals surface area contributed by atoms with Crippen molar-refractivity contribution < 1.29 is 18.3 Å². The smallest absolute Gasteiger partial charge is 0.201 e. The first-order valence-electron chi connectivity index (χ1n) is 9.54. The Bertz CT molecular complexity index is 776. The Hall–Kier alpha value is -2.20. The zero-order valence-electron chi connectivity index (χ0n) is 15.9. The van der Waals surface area contributed by atoms with Crippen molar-refractivity contribution in [2.75, 3.05) is 13.7 Å². The Balaban J connectivity index is 1.67. The standard InChI is InChI=1S/C23H26F2O2/c1-3-4-5-6-19-12-11-18(15-27-19)16-7-9-17(10-8-16)20-13-14-21(26-2)23(25)22(20)24/h5-10,13-14,18-19H,3-4,11-12,15H2,1-2H3. The molecular formula is C23H26F2O2. The van der Waals surface area contributed by atoms with Gasteiger partial charge in [0.05, 0.1) is 19.8 Å². The fraction of sp³-hybridized carbons (Fsp3) is 0.391. The van der Waals surface area contributed by atoms with Gasteiger partial charge in [-0.1, -0.05) is 49.8 Å². The van der Waals surface area contributed by atoms with E-state index < -0.39 is 11.6 Å². The molecule has 27 heavy (non-hydrogen) atoms. The number of methoxy groups -OCH3 is 1. The second-order valence-corrected chi connectivity index (χ2v) is 6.93. The van der Waals surface area contributed by atoms with E-state index in [2.05, 4.69) is 19.1 Å². The molecule has 1 aliphatic rings. The molecule has 3 rings (SSSR count). The van der Waals surface area contributed by atoms with Crippen molar-refractivity contribution in [3.63, 3.8) is 0 Å². The van der Waals surface area contributed by atoms with Crippen molar-refractivity contribution in [1.29, 1.82) is 0 Å². The van der Waals surface area contributed by atoms with Gasteiger partial charge in [0.25, 0.3) is 0 Å². The highest BCUT2D eigenvalue weighted by molar-refractivity contribution is 5.65. The van der Waals surface area contributed by atoms with Crippen LogP contribution < -0.4 is 4.74 Å². The molecule has 0 amide bonds. The third-order valence-corrected chi connectivity index (χ3v) is 5.08. The summed E-state index contributed by atoms with van der Waals surface area (Å²) in [4.78, 5) is 0. The topological polar surface area (TPSA) is 18.5 Å². The molecule has 2 unspecified atom stereocenters. The number of ether oxygens (including phenoxy) is 2. The molecule has 0 spiro atoms. The van der Waals surface area contributed by atoms with Crippen LogP contribution in [0, 0.1) is 11.6 Å². The van der Waals surface area contributed by atoms with Crippen LogP contribution in [0.3, 0.4) is 0 Å². The zero-order chi connectivity index (χ0) is 19.2. The van der Waals surface area contributed by atoms with Crippen LogP contribution in [0.4, 0.5) is 8.78 Å². The van der Waals surface area contributed by atoms with Crippen molar-refractivity contribution in [1.82, 2.24) is 0 Å². The van der Waals surface area contributed by atoms with Gasteiger partial charge in [-0.3, -0.25) is 0 Å². The molecule has 1 heterocycles. The van der Waals surface area contributed by atoms with Gasteiger partial charge in [0.15, 0.2) is 11.6 Å². The molecule has 0 aliphatic carbocycles. The maximum atomic E-state index is 14.3. The lowest BCUT2D eigenvalue weighted by atomic mass is 9.90. The van der Waals surface area contributed by atoms with Crippen LogP contribution in [-0.4, -0.2) is 19.8 Å². The van der Waals surface area contributed by atoms with Gasteiger partial charge < -0.3 is 9.47 Å². The second kappa shape index (κ2) is 9.14. The van der Waals surface area contributed by atoms with Crippen molar-refractivity contribution >= 4 is 0 Å². The third-order valence-electron chi connectivity index (χ3n) is 5.08. The molecule has 144 valence electrons. The molecule has 2 nitrogen and oxygen atoms in total. The fourth-order valence-corrected chi connectivity index (χ4v) is 3.45. The summed E-state index contributed by atoms with van der Waals surface area (Å²) in [6.07, 6.45) is 8.89. The maximum Gasteiger partial charge on any atom is 0.201 e. The number of halogens is 2. The molecular weight excluding hydrogens is 346 g/mol. The predicted octanol–water partition coefficient (Wildman–Crippen LogP) is 6.26. The van der Waals surface area contributed by atoms with E-state index in [1.165, 1.54) is 18.7 Å². The Labute approximate surface area is 159 Å². The van der Waals surface area contributed by atoms with Crippen LogP contribution in [0.15, 0.2) is 48.6 Å². The molecule has 1 fully saturated rings. The van der Waals surface area contributed by atoms with Gasteiger partial charge in [-0.05, 0) is 42.5 Å². The Morgan fingerprint density at radius 2 is 1.85 bits per heavy atom. The molecule has 4 heteroatoms. The van der Waals surface area contributed by atoms with Gasteiger partial charge in [-0.15, -0.1) is 0 Å². The van der Waals surface area contributed by atoms with E-state index in [0.29, 0.717) is 18.1 Å². The number of unbranched alkanes of at least 4 members (excludes halogenated alkanes) is 1. The van der Waals surface area contributed by atoms with Crippen LogP contribution in [0.5, 0.6) is 5.75 Å². The highest BCUT2D eigenvalue weighted by atomic mass is 19.2. The van der Waals surface area contributed by atoms with Gasteiger partial charge >= 0.3 is 0 Å². The molecule has 0 radical (unpaired) electrons. The summed E-state index contributed by atoms with van der Waals surface area (Å²) in [7, 11) is 1.32. The van der Waals surface area contributed by atoms with E-state index in [1.807, 2.05) is 24.3 Å². The summed E-state index contributed by atoms with van der Waals surface area (Å²) in [6.45, 7) is 2.85. The van der Waals surface area contributed by atoms with E-state index >= 15 is 0 Å². The molecule has 0 N–H and O–H groups in total. The average molecular weight is 372 g/mol. The first kappa shape index (κ1) is 19.6. The summed E-state index contributed by atoms with van der Waals surface area (Å²) in [6, 6.07) is 10.6. The fourth-order valence-electron chi connectivity index (χ4n) is 3.45. The van der Waals surface area contributed by atoms with Gasteiger partial charge in [-0.25, -0.2) is 4.39 Å². The number of allylic oxidation sites excluding steroid dienone is 1. The average Bonchev–Trinajstić information content (AvgIpc) is 2.71. The van der Waals surface area contributed by atoms with Gasteiger partial charge in [-0.2, -0.15) is 4.39 Å². The minimum atomic E-state index is -0.957. The minimum absolute atomic E-state index is 0.0882. The minimum Gasteiger partial charge on any atom is -0.494 e. The van der Waals surface area contributed by atoms with Crippen molar-refractivity contribution in [3.05, 3.63) is 65.7 Å². The van der Waals surface area contributed by atoms with Gasteiger partial charge in [0.2, 0.25) is 5.82 Å². The van der Waals surface area contributed by atoms with E-state index in [1.54, 1.807) is 6.07 Å². The molecule has 2 aromatic rings. The van der Waals surface area contributed by atoms with Gasteiger partial charge in [0, 0.05) is 11.5 Å². The Morgan fingerprint density at radius 1 is 1.07 bits per heavy atom. The van der Waals surface area contributed by atoms with E-state index in [4.69, 9.17) is 9.47 Å². The summed E-state index contributed by atoms with van der Waals surface area (Å²) < 4.78 is 39.0. The van der Waals surface area contributed by atoms with Crippen molar-refractivity contribution in [2.24, 2.45) is 0 Å². The SMILES string of the molecule is CCCC=CC1CCC(c2ccc(-c3ccc(OC)c(F)c3F)cc2)CO1. The largest absolute Gasteiger partial charge is 0.494 e. The summed E-state index contributed by atoms with van der Waals surface area (Å²) in [5, 5.41) is 0. The predicted molar refractivity (Wildman–Crippen MR) is 104 cm³/mol. The molecule has 0 aromatic heterocycles. The number of rotatable bonds is 6. The molecule has 0 bridgehead atoms. The highest BCUT2D eigenvalue weighted by Crippen LogP contribution is 2.33. The number of benzene rings is 2. The summed E-state index contributed by atoms with van der Waals surface area (Å²) in [5.74, 6) is -1.59. The second-order valence-electron chi connectivity index (χ2n) is 6.93. The Morgan fingerprint density at radius 3 is 2.48 bits per heavy atom. The van der Waals surface area contributed by atoms with Gasteiger partial charge in [0.1, 0.15) is 0 Å². The summed E-state index contributed by atoms with van der Waals surface area (Å²) in [5.41, 5.74) is 2.06. The van der Waals surface area contributed by atoms with Crippen LogP contribution >= 0.6 is 0 Å². The Kier molecular flexibility index (Phi) is 6.62.